The Labute approximate surface area is 257 Å². The number of carbonyl (C=O) groups is 2. The van der Waals surface area contributed by atoms with Crippen LogP contribution in [0.5, 0.6) is 0 Å². The van der Waals surface area contributed by atoms with Crippen LogP contribution in [0.4, 0.5) is 0 Å². The van der Waals surface area contributed by atoms with E-state index in [0.29, 0.717) is 6.42 Å². The first kappa shape index (κ1) is 41.0. The fourth-order valence-corrected chi connectivity index (χ4v) is 5.42. The standard InChI is InChI=1S/C33H65O8P/c1-3-5-6-7-8-9-10-11-12-13-14-15-16-17-18-19-20-21-22-23-24-25-26-28-32(34)39-29-31(30-40-42(36,37)38)41-33(35)27-4-2/h31H,3-30H2,1-2H3,(H2,36,37,38)/t31-/m1/s1. The normalized spacial score (nSPS) is 12.4. The lowest BCUT2D eigenvalue weighted by atomic mass is 10.0. The van der Waals surface area contributed by atoms with Gasteiger partial charge < -0.3 is 19.3 Å². The molecule has 9 heteroatoms. The van der Waals surface area contributed by atoms with Gasteiger partial charge in [-0.3, -0.25) is 14.1 Å². The lowest BCUT2D eigenvalue weighted by molar-refractivity contribution is -0.161. The van der Waals surface area contributed by atoms with E-state index < -0.39 is 32.5 Å². The molecule has 0 radical (unpaired) electrons. The Morgan fingerprint density at radius 1 is 0.524 bits per heavy atom. The van der Waals surface area contributed by atoms with Gasteiger partial charge in [0.2, 0.25) is 0 Å². The van der Waals surface area contributed by atoms with Crippen molar-refractivity contribution < 1.29 is 37.9 Å². The van der Waals surface area contributed by atoms with Crippen molar-refractivity contribution in [3.8, 4) is 0 Å². The average molecular weight is 621 g/mol. The predicted molar refractivity (Wildman–Crippen MR) is 170 cm³/mol. The number of phosphoric acid groups is 1. The van der Waals surface area contributed by atoms with Crippen molar-refractivity contribution in [1.82, 2.24) is 0 Å². The Morgan fingerprint density at radius 3 is 1.26 bits per heavy atom. The van der Waals surface area contributed by atoms with Crippen LogP contribution in [0.15, 0.2) is 0 Å². The van der Waals surface area contributed by atoms with Gasteiger partial charge in [0, 0.05) is 12.8 Å². The topological polar surface area (TPSA) is 119 Å². The minimum atomic E-state index is -4.71. The van der Waals surface area contributed by atoms with Gasteiger partial charge in [-0.05, 0) is 12.8 Å². The van der Waals surface area contributed by atoms with Crippen molar-refractivity contribution in [3.05, 3.63) is 0 Å². The molecule has 0 saturated carbocycles. The van der Waals surface area contributed by atoms with E-state index >= 15 is 0 Å². The molecule has 0 heterocycles. The van der Waals surface area contributed by atoms with E-state index in [1.54, 1.807) is 0 Å². The summed E-state index contributed by atoms with van der Waals surface area (Å²) < 4.78 is 25.6. The third-order valence-electron chi connectivity index (χ3n) is 7.60. The van der Waals surface area contributed by atoms with Gasteiger partial charge in [0.25, 0.3) is 0 Å². The Hall–Kier alpha value is -0.950. The van der Waals surface area contributed by atoms with Gasteiger partial charge in [-0.1, -0.05) is 155 Å². The maximum absolute atomic E-state index is 12.0. The second kappa shape index (κ2) is 30.1. The summed E-state index contributed by atoms with van der Waals surface area (Å²) in [6.07, 6.45) is 30.3. The third-order valence-corrected chi connectivity index (χ3v) is 8.08. The first-order chi connectivity index (χ1) is 20.3. The molecule has 0 rings (SSSR count). The molecule has 0 aliphatic heterocycles. The molecule has 0 amide bonds. The van der Waals surface area contributed by atoms with Crippen molar-refractivity contribution in [3.63, 3.8) is 0 Å². The van der Waals surface area contributed by atoms with Crippen LogP contribution < -0.4 is 0 Å². The van der Waals surface area contributed by atoms with Gasteiger partial charge in [-0.25, -0.2) is 4.57 Å². The maximum Gasteiger partial charge on any atom is 0.469 e. The number of phosphoric ester groups is 1. The van der Waals surface area contributed by atoms with Crippen molar-refractivity contribution >= 4 is 19.8 Å². The highest BCUT2D eigenvalue weighted by Crippen LogP contribution is 2.35. The van der Waals surface area contributed by atoms with E-state index in [1.807, 2.05) is 6.92 Å². The molecular formula is C33H65O8P. The molecule has 0 aromatic rings. The lowest BCUT2D eigenvalue weighted by Gasteiger charge is -2.18. The van der Waals surface area contributed by atoms with Crippen LogP contribution in [0.25, 0.3) is 0 Å². The van der Waals surface area contributed by atoms with Crippen LogP contribution in [0.1, 0.15) is 181 Å². The fraction of sp³-hybridized carbons (Fsp3) is 0.939. The van der Waals surface area contributed by atoms with Gasteiger partial charge in [0.15, 0.2) is 6.10 Å². The average Bonchev–Trinajstić information content (AvgIpc) is 2.94. The molecule has 0 aliphatic rings. The highest BCUT2D eigenvalue weighted by Gasteiger charge is 2.22. The van der Waals surface area contributed by atoms with Crippen LogP contribution in [0.2, 0.25) is 0 Å². The van der Waals surface area contributed by atoms with Crippen molar-refractivity contribution in [1.29, 1.82) is 0 Å². The number of hydrogen-bond donors (Lipinski definition) is 2. The lowest BCUT2D eigenvalue weighted by Crippen LogP contribution is -2.29. The summed E-state index contributed by atoms with van der Waals surface area (Å²) in [5, 5.41) is 0. The number of unbranched alkanes of at least 4 members (excludes halogenated alkanes) is 22. The molecule has 1 atom stereocenters. The van der Waals surface area contributed by atoms with E-state index in [0.717, 1.165) is 19.3 Å². The summed E-state index contributed by atoms with van der Waals surface area (Å²) >= 11 is 0. The molecule has 0 aromatic heterocycles. The molecule has 0 spiro atoms. The number of ether oxygens (including phenoxy) is 2. The van der Waals surface area contributed by atoms with E-state index in [-0.39, 0.29) is 19.4 Å². The summed E-state index contributed by atoms with van der Waals surface area (Å²) in [4.78, 5) is 41.4. The third kappa shape index (κ3) is 32.0. The minimum absolute atomic E-state index is 0.167. The van der Waals surface area contributed by atoms with Gasteiger partial charge in [0.1, 0.15) is 6.61 Å². The molecule has 8 nitrogen and oxygen atoms in total. The first-order valence-corrected chi connectivity index (χ1v) is 18.9. The molecule has 2 N–H and O–H groups in total. The number of rotatable bonds is 32. The van der Waals surface area contributed by atoms with Crippen LogP contribution in [-0.4, -0.2) is 41.0 Å². The second-order valence-corrected chi connectivity index (χ2v) is 13.1. The van der Waals surface area contributed by atoms with Gasteiger partial charge in [-0.15, -0.1) is 0 Å². The molecule has 42 heavy (non-hydrogen) atoms. The van der Waals surface area contributed by atoms with Crippen LogP contribution >= 0.6 is 7.82 Å². The summed E-state index contributed by atoms with van der Waals surface area (Å²) in [6, 6.07) is 0. The SMILES string of the molecule is CCCCCCCCCCCCCCCCCCCCCCCCCC(=O)OC[C@H](COP(=O)(O)O)OC(=O)CCC. The Kier molecular flexibility index (Phi) is 29.4. The monoisotopic (exact) mass is 620 g/mol. The summed E-state index contributed by atoms with van der Waals surface area (Å²) in [5.41, 5.74) is 0. The maximum atomic E-state index is 12.0. The molecule has 0 aromatic carbocycles. The summed E-state index contributed by atoms with van der Waals surface area (Å²) in [6.45, 7) is 3.27. The first-order valence-electron chi connectivity index (χ1n) is 17.3. The van der Waals surface area contributed by atoms with E-state index in [2.05, 4.69) is 11.4 Å². The molecule has 0 fully saturated rings. The largest absolute Gasteiger partial charge is 0.469 e. The fourth-order valence-electron chi connectivity index (χ4n) is 5.06. The predicted octanol–water partition coefficient (Wildman–Crippen LogP) is 9.73. The summed E-state index contributed by atoms with van der Waals surface area (Å²) in [5.74, 6) is -0.936. The number of hydrogen-bond acceptors (Lipinski definition) is 6. The second-order valence-electron chi connectivity index (χ2n) is 11.9. The smallest absolute Gasteiger partial charge is 0.462 e. The van der Waals surface area contributed by atoms with Crippen molar-refractivity contribution in [2.75, 3.05) is 13.2 Å². The zero-order valence-electron chi connectivity index (χ0n) is 27.2. The molecule has 250 valence electrons. The molecule has 0 aliphatic carbocycles. The zero-order valence-corrected chi connectivity index (χ0v) is 28.1. The van der Waals surface area contributed by atoms with Gasteiger partial charge >= 0.3 is 19.8 Å². The minimum Gasteiger partial charge on any atom is -0.462 e. The van der Waals surface area contributed by atoms with Crippen molar-refractivity contribution in [2.45, 2.75) is 187 Å². The van der Waals surface area contributed by atoms with Crippen LogP contribution in [-0.2, 0) is 28.2 Å². The Balaban J connectivity index is 3.51. The Morgan fingerprint density at radius 2 is 0.905 bits per heavy atom. The van der Waals surface area contributed by atoms with E-state index in [4.69, 9.17) is 19.3 Å². The van der Waals surface area contributed by atoms with Crippen LogP contribution in [0.3, 0.4) is 0 Å². The van der Waals surface area contributed by atoms with Gasteiger partial charge in [0.05, 0.1) is 6.61 Å². The molecule has 0 bridgehead atoms. The van der Waals surface area contributed by atoms with Gasteiger partial charge in [-0.2, -0.15) is 0 Å². The van der Waals surface area contributed by atoms with Crippen LogP contribution in [0, 0.1) is 0 Å². The molecule has 0 unspecified atom stereocenters. The number of esters is 2. The van der Waals surface area contributed by atoms with E-state index in [9.17, 15) is 14.2 Å². The van der Waals surface area contributed by atoms with Crippen molar-refractivity contribution in [2.24, 2.45) is 0 Å². The zero-order chi connectivity index (χ0) is 31.2. The highest BCUT2D eigenvalue weighted by atomic mass is 31.2. The number of carbonyl (C=O) groups excluding carboxylic acids is 2. The summed E-state index contributed by atoms with van der Waals surface area (Å²) in [7, 11) is -4.71. The Bertz CT molecular complexity index is 666. The molecular weight excluding hydrogens is 555 g/mol. The highest BCUT2D eigenvalue weighted by molar-refractivity contribution is 7.46. The quantitative estimate of drug-likeness (QED) is 0.0433. The molecule has 0 saturated heterocycles. The van der Waals surface area contributed by atoms with E-state index in [1.165, 1.54) is 128 Å².